The van der Waals surface area contributed by atoms with Gasteiger partial charge in [-0.05, 0) is 63.1 Å². The van der Waals surface area contributed by atoms with E-state index >= 15 is 0 Å². The molecule has 37 heavy (non-hydrogen) atoms. The molecular formula is C29H27F3N2O3. The van der Waals surface area contributed by atoms with Crippen LogP contribution in [-0.2, 0) is 27.0 Å². The molecule has 192 valence electrons. The van der Waals surface area contributed by atoms with Crippen molar-refractivity contribution in [3.05, 3.63) is 105 Å². The van der Waals surface area contributed by atoms with E-state index in [2.05, 4.69) is 0 Å². The van der Waals surface area contributed by atoms with Gasteiger partial charge in [0.25, 0.3) is 5.91 Å². The maximum absolute atomic E-state index is 13.7. The smallest absolute Gasteiger partial charge is 0.418 e. The van der Waals surface area contributed by atoms with Crippen molar-refractivity contribution in [3.63, 3.8) is 0 Å². The summed E-state index contributed by atoms with van der Waals surface area (Å²) in [5.41, 5.74) is 3.55. The number of amides is 1. The van der Waals surface area contributed by atoms with E-state index in [9.17, 15) is 22.8 Å². The summed E-state index contributed by atoms with van der Waals surface area (Å²) in [7, 11) is 1.24. The van der Waals surface area contributed by atoms with Crippen LogP contribution >= 0.6 is 0 Å². The van der Waals surface area contributed by atoms with Crippen LogP contribution in [0.2, 0.25) is 0 Å². The summed E-state index contributed by atoms with van der Waals surface area (Å²) in [6.45, 7) is 7.30. The zero-order chi connectivity index (χ0) is 27.1. The van der Waals surface area contributed by atoms with Crippen LogP contribution in [0.1, 0.15) is 40.6 Å². The van der Waals surface area contributed by atoms with E-state index in [1.165, 1.54) is 28.7 Å². The number of halogens is 3. The lowest BCUT2D eigenvalue weighted by molar-refractivity contribution is -0.137. The normalized spacial score (nSPS) is 15.2. The van der Waals surface area contributed by atoms with Crippen LogP contribution in [-0.4, -0.2) is 28.5 Å². The van der Waals surface area contributed by atoms with Crippen molar-refractivity contribution in [3.8, 4) is 5.69 Å². The molecule has 1 aliphatic heterocycles. The molecule has 8 heteroatoms. The van der Waals surface area contributed by atoms with Crippen molar-refractivity contribution in [2.75, 3.05) is 7.11 Å². The van der Waals surface area contributed by atoms with Crippen molar-refractivity contribution in [2.24, 2.45) is 0 Å². The van der Waals surface area contributed by atoms with Crippen molar-refractivity contribution in [2.45, 2.75) is 40.4 Å². The number of aromatic nitrogens is 1. The molecule has 0 saturated heterocycles. The molecule has 0 fully saturated rings. The number of alkyl halides is 3. The van der Waals surface area contributed by atoms with Crippen LogP contribution in [0.4, 0.5) is 13.2 Å². The second kappa shape index (κ2) is 9.76. The molecular weight excluding hydrogens is 481 g/mol. The summed E-state index contributed by atoms with van der Waals surface area (Å²) in [6, 6.07) is 14.8. The number of carbonyl (C=O) groups excluding carboxylic acids is 2. The molecule has 0 aliphatic carbocycles. The summed E-state index contributed by atoms with van der Waals surface area (Å²) in [5, 5.41) is 0. The number of hydrogen-bond acceptors (Lipinski definition) is 3. The van der Waals surface area contributed by atoms with Crippen LogP contribution in [0, 0.1) is 20.8 Å². The molecule has 1 aromatic heterocycles. The highest BCUT2D eigenvalue weighted by molar-refractivity contribution is 6.16. The number of esters is 1. The Bertz CT molecular complexity index is 1440. The third kappa shape index (κ3) is 4.83. The number of carbonyl (C=O) groups is 2. The summed E-state index contributed by atoms with van der Waals surface area (Å²) < 4.78 is 47.6. The first-order valence-corrected chi connectivity index (χ1v) is 11.7. The maximum atomic E-state index is 13.7. The van der Waals surface area contributed by atoms with Gasteiger partial charge in [-0.15, -0.1) is 0 Å². The highest BCUT2D eigenvalue weighted by Crippen LogP contribution is 2.37. The number of allylic oxidation sites excluding steroid dienone is 1. The Labute approximate surface area is 213 Å². The molecule has 0 unspecified atom stereocenters. The predicted octanol–water partition coefficient (Wildman–Crippen LogP) is 6.29. The Morgan fingerprint density at radius 3 is 2.27 bits per heavy atom. The van der Waals surface area contributed by atoms with Gasteiger partial charge in [0.15, 0.2) is 0 Å². The Kier molecular flexibility index (Phi) is 6.86. The monoisotopic (exact) mass is 508 g/mol. The number of hydrogen-bond donors (Lipinski definition) is 0. The molecule has 0 radical (unpaired) electrons. The summed E-state index contributed by atoms with van der Waals surface area (Å²) in [6.07, 6.45) is -2.98. The molecule has 5 nitrogen and oxygen atoms in total. The zero-order valence-electron chi connectivity index (χ0n) is 21.2. The first kappa shape index (κ1) is 26.0. The Morgan fingerprint density at radius 2 is 1.65 bits per heavy atom. The van der Waals surface area contributed by atoms with E-state index in [1.54, 1.807) is 39.0 Å². The van der Waals surface area contributed by atoms with Gasteiger partial charge < -0.3 is 14.2 Å². The second-order valence-corrected chi connectivity index (χ2v) is 9.06. The van der Waals surface area contributed by atoms with Crippen LogP contribution in [0.15, 0.2) is 71.4 Å². The summed E-state index contributed by atoms with van der Waals surface area (Å²) in [5.74, 6) is -1.03. The molecule has 3 aromatic rings. The molecule has 2 heterocycles. The minimum absolute atomic E-state index is 0.00619. The van der Waals surface area contributed by atoms with E-state index in [0.717, 1.165) is 17.2 Å². The minimum atomic E-state index is -4.53. The number of nitrogens with zero attached hydrogens (tertiary/aromatic N) is 2. The molecule has 0 atom stereocenters. The van der Waals surface area contributed by atoms with Gasteiger partial charge in [0, 0.05) is 17.1 Å². The second-order valence-electron chi connectivity index (χ2n) is 9.06. The quantitative estimate of drug-likeness (QED) is 0.301. The molecule has 0 saturated carbocycles. The van der Waals surface area contributed by atoms with E-state index in [1.807, 2.05) is 31.2 Å². The number of methoxy groups -OCH3 is 1. The molecule has 2 aromatic carbocycles. The summed E-state index contributed by atoms with van der Waals surface area (Å²) in [4.78, 5) is 27.8. The van der Waals surface area contributed by atoms with Crippen molar-refractivity contribution >= 4 is 18.0 Å². The molecule has 0 bridgehead atoms. The van der Waals surface area contributed by atoms with E-state index < -0.39 is 17.7 Å². The number of benzene rings is 2. The topological polar surface area (TPSA) is 51.5 Å². The SMILES string of the molecule is COC(=O)C1=C(C)N(Cc2ccc(C)cc2)C(=O)/C1=C\c1cc(C)n(-c2ccccc2C(F)(F)F)c1C. The first-order valence-electron chi connectivity index (χ1n) is 11.7. The van der Waals surface area contributed by atoms with Gasteiger partial charge in [-0.2, -0.15) is 13.2 Å². The lowest BCUT2D eigenvalue weighted by Crippen LogP contribution is -2.24. The van der Waals surface area contributed by atoms with Crippen LogP contribution in [0.25, 0.3) is 11.8 Å². The highest BCUT2D eigenvalue weighted by Gasteiger charge is 2.38. The van der Waals surface area contributed by atoms with Gasteiger partial charge in [0.05, 0.1) is 36.1 Å². The van der Waals surface area contributed by atoms with Gasteiger partial charge in [-0.3, -0.25) is 4.79 Å². The van der Waals surface area contributed by atoms with E-state index in [4.69, 9.17) is 4.74 Å². The fraction of sp³-hybridized carbons (Fsp3) is 0.241. The molecule has 0 N–H and O–H groups in total. The lowest BCUT2D eigenvalue weighted by atomic mass is 10.0. The lowest BCUT2D eigenvalue weighted by Gasteiger charge is -2.18. The number of ether oxygens (including phenoxy) is 1. The van der Waals surface area contributed by atoms with Crippen LogP contribution in [0.3, 0.4) is 0 Å². The van der Waals surface area contributed by atoms with Crippen molar-refractivity contribution in [1.82, 2.24) is 9.47 Å². The van der Waals surface area contributed by atoms with Crippen LogP contribution in [0.5, 0.6) is 0 Å². The molecule has 1 amide bonds. The highest BCUT2D eigenvalue weighted by atomic mass is 19.4. The average Bonchev–Trinajstić information content (AvgIpc) is 3.26. The van der Waals surface area contributed by atoms with Gasteiger partial charge in [-0.25, -0.2) is 4.79 Å². The summed E-state index contributed by atoms with van der Waals surface area (Å²) >= 11 is 0. The first-order chi connectivity index (χ1) is 17.4. The third-order valence-electron chi connectivity index (χ3n) is 6.58. The van der Waals surface area contributed by atoms with E-state index in [-0.39, 0.29) is 29.3 Å². The zero-order valence-corrected chi connectivity index (χ0v) is 21.2. The number of aryl methyl sites for hydroxylation is 2. The third-order valence-corrected chi connectivity index (χ3v) is 6.58. The van der Waals surface area contributed by atoms with Gasteiger partial charge in [0.1, 0.15) is 0 Å². The Hall–Kier alpha value is -4.07. The number of rotatable bonds is 5. The molecule has 0 spiro atoms. The van der Waals surface area contributed by atoms with E-state index in [0.29, 0.717) is 22.6 Å². The van der Waals surface area contributed by atoms with Crippen molar-refractivity contribution in [1.29, 1.82) is 0 Å². The Balaban J connectivity index is 1.81. The minimum Gasteiger partial charge on any atom is -0.465 e. The van der Waals surface area contributed by atoms with Crippen molar-refractivity contribution < 1.29 is 27.5 Å². The maximum Gasteiger partial charge on any atom is 0.418 e. The standard InChI is InChI=1S/C29H27F3N2O3/c1-17-10-12-21(13-11-17)16-33-20(4)26(28(36)37-5)23(27(33)35)15-22-14-18(2)34(19(22)3)25-9-7-6-8-24(25)29(30,31)32/h6-15H,16H2,1-5H3/b23-15-. The average molecular weight is 509 g/mol. The van der Waals surface area contributed by atoms with Crippen LogP contribution < -0.4 is 0 Å². The van der Waals surface area contributed by atoms with Gasteiger partial charge in [0.2, 0.25) is 0 Å². The fourth-order valence-electron chi connectivity index (χ4n) is 4.66. The Morgan fingerprint density at radius 1 is 1.00 bits per heavy atom. The largest absolute Gasteiger partial charge is 0.465 e. The van der Waals surface area contributed by atoms with Gasteiger partial charge >= 0.3 is 12.1 Å². The molecule has 4 rings (SSSR count). The molecule has 1 aliphatic rings. The predicted molar refractivity (Wildman–Crippen MR) is 135 cm³/mol. The number of para-hydroxylation sites is 1. The fourth-order valence-corrected chi connectivity index (χ4v) is 4.66. The van der Waals surface area contributed by atoms with Gasteiger partial charge in [-0.1, -0.05) is 42.0 Å².